The lowest BCUT2D eigenvalue weighted by Gasteiger charge is -2.29. The van der Waals surface area contributed by atoms with Crippen molar-refractivity contribution in [1.29, 1.82) is 0 Å². The van der Waals surface area contributed by atoms with E-state index in [0.29, 0.717) is 6.04 Å². The minimum absolute atomic E-state index is 0.224. The van der Waals surface area contributed by atoms with Crippen LogP contribution in [0.5, 0.6) is 5.75 Å². The van der Waals surface area contributed by atoms with E-state index in [1.165, 1.54) is 37.4 Å². The molecule has 0 spiro atoms. The highest BCUT2D eigenvalue weighted by Crippen LogP contribution is 2.32. The van der Waals surface area contributed by atoms with Crippen LogP contribution in [0.3, 0.4) is 0 Å². The van der Waals surface area contributed by atoms with E-state index in [1.807, 2.05) is 6.07 Å². The largest absolute Gasteiger partial charge is 0.506 e. The molecule has 1 fully saturated rings. The third-order valence-corrected chi connectivity index (χ3v) is 4.38. The number of pyridine rings is 1. The second-order valence-corrected chi connectivity index (χ2v) is 5.85. The summed E-state index contributed by atoms with van der Waals surface area (Å²) in [5, 5.41) is 12.8. The summed E-state index contributed by atoms with van der Waals surface area (Å²) in [5.74, 6) is 0.943. The second-order valence-electron chi connectivity index (χ2n) is 5.85. The average Bonchev–Trinajstić information content (AvgIpc) is 2.56. The average molecular weight is 282 g/mol. The maximum Gasteiger partial charge on any atom is 0.133 e. The third kappa shape index (κ3) is 3.82. The van der Waals surface area contributed by atoms with Gasteiger partial charge >= 0.3 is 0 Å². The van der Waals surface area contributed by atoms with Gasteiger partial charge in [0.25, 0.3) is 0 Å². The molecule has 1 aromatic carbocycles. The summed E-state index contributed by atoms with van der Waals surface area (Å²) >= 11 is 0. The molecule has 2 N–H and O–H groups in total. The van der Waals surface area contributed by atoms with Gasteiger partial charge in [0, 0.05) is 12.6 Å². The Hall–Kier alpha value is -1.87. The highest BCUT2D eigenvalue weighted by atomic mass is 16.3. The predicted octanol–water partition coefficient (Wildman–Crippen LogP) is 3.60. The zero-order valence-electron chi connectivity index (χ0n) is 12.2. The van der Waals surface area contributed by atoms with Crippen molar-refractivity contribution in [2.45, 2.75) is 44.2 Å². The molecule has 110 valence electrons. The molecule has 1 saturated carbocycles. The third-order valence-electron chi connectivity index (χ3n) is 4.38. The Balaban J connectivity index is 1.47. The minimum atomic E-state index is 0.224. The van der Waals surface area contributed by atoms with Gasteiger partial charge in [-0.15, -0.1) is 0 Å². The molecule has 0 unspecified atom stereocenters. The number of rotatable bonds is 4. The monoisotopic (exact) mass is 282 g/mol. The van der Waals surface area contributed by atoms with Crippen LogP contribution in [0.2, 0.25) is 0 Å². The van der Waals surface area contributed by atoms with Crippen molar-refractivity contribution in [2.24, 2.45) is 0 Å². The molecule has 0 atom stereocenters. The van der Waals surface area contributed by atoms with Crippen molar-refractivity contribution in [3.05, 3.63) is 59.9 Å². The van der Waals surface area contributed by atoms with Crippen molar-refractivity contribution in [3.63, 3.8) is 0 Å². The number of hydrogen-bond acceptors (Lipinski definition) is 3. The molecule has 0 amide bonds. The number of nitrogens with one attached hydrogen (secondary N) is 1. The van der Waals surface area contributed by atoms with Gasteiger partial charge in [0.05, 0.1) is 11.9 Å². The SMILES string of the molecule is Oc1ccc(CNC2CCC(c3ccccc3)CC2)nc1. The normalized spacial score (nSPS) is 22.1. The molecule has 0 bridgehead atoms. The van der Waals surface area contributed by atoms with E-state index in [1.54, 1.807) is 6.07 Å². The molecular weight excluding hydrogens is 260 g/mol. The standard InChI is InChI=1S/C18H22N2O/c21-18-11-10-17(20-13-18)12-19-16-8-6-15(7-9-16)14-4-2-1-3-5-14/h1-5,10-11,13,15-16,19,21H,6-9,12H2. The summed E-state index contributed by atoms with van der Waals surface area (Å²) in [6.45, 7) is 0.779. The molecule has 1 heterocycles. The van der Waals surface area contributed by atoms with Gasteiger partial charge in [0.15, 0.2) is 0 Å². The van der Waals surface area contributed by atoms with Crippen LogP contribution in [0.4, 0.5) is 0 Å². The summed E-state index contributed by atoms with van der Waals surface area (Å²) in [4.78, 5) is 4.21. The Morgan fingerprint density at radius 1 is 1.00 bits per heavy atom. The number of aromatic nitrogens is 1. The van der Waals surface area contributed by atoms with E-state index in [0.717, 1.165) is 18.2 Å². The van der Waals surface area contributed by atoms with Crippen molar-refractivity contribution < 1.29 is 5.11 Å². The maximum atomic E-state index is 9.23. The minimum Gasteiger partial charge on any atom is -0.506 e. The molecular formula is C18H22N2O. The lowest BCUT2D eigenvalue weighted by Crippen LogP contribution is -2.32. The van der Waals surface area contributed by atoms with Crippen LogP contribution in [-0.2, 0) is 6.54 Å². The molecule has 3 heteroatoms. The Labute approximate surface area is 126 Å². The van der Waals surface area contributed by atoms with Gasteiger partial charge in [-0.2, -0.15) is 0 Å². The van der Waals surface area contributed by atoms with Crippen molar-refractivity contribution in [1.82, 2.24) is 10.3 Å². The smallest absolute Gasteiger partial charge is 0.133 e. The first kappa shape index (κ1) is 14.1. The number of nitrogens with zero attached hydrogens (tertiary/aromatic N) is 1. The fourth-order valence-electron chi connectivity index (χ4n) is 3.13. The summed E-state index contributed by atoms with van der Waals surface area (Å²) in [6, 6.07) is 15.0. The summed E-state index contributed by atoms with van der Waals surface area (Å²) in [7, 11) is 0. The molecule has 0 aliphatic heterocycles. The van der Waals surface area contributed by atoms with E-state index in [2.05, 4.69) is 40.6 Å². The zero-order valence-corrected chi connectivity index (χ0v) is 12.2. The quantitative estimate of drug-likeness (QED) is 0.900. The first-order chi connectivity index (χ1) is 10.3. The molecule has 21 heavy (non-hydrogen) atoms. The number of hydrogen-bond donors (Lipinski definition) is 2. The Kier molecular flexibility index (Phi) is 4.51. The van der Waals surface area contributed by atoms with E-state index in [-0.39, 0.29) is 5.75 Å². The zero-order chi connectivity index (χ0) is 14.5. The van der Waals surface area contributed by atoms with Crippen LogP contribution in [0.25, 0.3) is 0 Å². The molecule has 1 aliphatic rings. The van der Waals surface area contributed by atoms with Crippen LogP contribution in [0.15, 0.2) is 48.7 Å². The van der Waals surface area contributed by atoms with E-state index < -0.39 is 0 Å². The Bertz CT molecular complexity index is 545. The van der Waals surface area contributed by atoms with Gasteiger partial charge in [0.2, 0.25) is 0 Å². The van der Waals surface area contributed by atoms with Crippen molar-refractivity contribution >= 4 is 0 Å². The molecule has 1 aromatic heterocycles. The first-order valence-corrected chi connectivity index (χ1v) is 7.73. The van der Waals surface area contributed by atoms with Gasteiger partial charge < -0.3 is 10.4 Å². The summed E-state index contributed by atoms with van der Waals surface area (Å²) in [6.07, 6.45) is 6.45. The lowest BCUT2D eigenvalue weighted by atomic mass is 9.82. The van der Waals surface area contributed by atoms with Gasteiger partial charge in [-0.05, 0) is 49.3 Å². The van der Waals surface area contributed by atoms with E-state index in [4.69, 9.17) is 0 Å². The second kappa shape index (κ2) is 6.72. The van der Waals surface area contributed by atoms with Gasteiger partial charge in [0.1, 0.15) is 5.75 Å². The van der Waals surface area contributed by atoms with Gasteiger partial charge in [-0.1, -0.05) is 30.3 Å². The highest BCUT2D eigenvalue weighted by molar-refractivity contribution is 5.20. The number of benzene rings is 1. The molecule has 0 saturated heterocycles. The molecule has 3 rings (SSSR count). The van der Waals surface area contributed by atoms with Crippen LogP contribution < -0.4 is 5.32 Å². The number of aromatic hydroxyl groups is 1. The predicted molar refractivity (Wildman–Crippen MR) is 84.2 cm³/mol. The fraction of sp³-hybridized carbons (Fsp3) is 0.389. The topological polar surface area (TPSA) is 45.1 Å². The molecule has 3 nitrogen and oxygen atoms in total. The molecule has 2 aromatic rings. The summed E-state index contributed by atoms with van der Waals surface area (Å²) in [5.41, 5.74) is 2.47. The Morgan fingerprint density at radius 2 is 1.76 bits per heavy atom. The summed E-state index contributed by atoms with van der Waals surface area (Å²) < 4.78 is 0. The van der Waals surface area contributed by atoms with Gasteiger partial charge in [-0.3, -0.25) is 4.98 Å². The van der Waals surface area contributed by atoms with Crippen LogP contribution in [-0.4, -0.2) is 16.1 Å². The Morgan fingerprint density at radius 3 is 2.43 bits per heavy atom. The van der Waals surface area contributed by atoms with Crippen LogP contribution >= 0.6 is 0 Å². The van der Waals surface area contributed by atoms with Crippen molar-refractivity contribution in [3.8, 4) is 5.75 Å². The van der Waals surface area contributed by atoms with Crippen LogP contribution in [0, 0.1) is 0 Å². The molecule has 0 radical (unpaired) electrons. The fourth-order valence-corrected chi connectivity index (χ4v) is 3.13. The highest BCUT2D eigenvalue weighted by Gasteiger charge is 2.21. The van der Waals surface area contributed by atoms with Gasteiger partial charge in [-0.25, -0.2) is 0 Å². The van der Waals surface area contributed by atoms with E-state index >= 15 is 0 Å². The van der Waals surface area contributed by atoms with E-state index in [9.17, 15) is 5.11 Å². The lowest BCUT2D eigenvalue weighted by molar-refractivity contribution is 0.340. The maximum absolute atomic E-state index is 9.23. The molecule has 1 aliphatic carbocycles. The van der Waals surface area contributed by atoms with Crippen LogP contribution in [0.1, 0.15) is 42.9 Å². The van der Waals surface area contributed by atoms with Crippen molar-refractivity contribution in [2.75, 3.05) is 0 Å². The first-order valence-electron chi connectivity index (χ1n) is 7.73.